The van der Waals surface area contributed by atoms with Crippen LogP contribution in [-0.2, 0) is 4.79 Å². The molecule has 1 aromatic carbocycles. The molecule has 1 unspecified atom stereocenters. The predicted octanol–water partition coefficient (Wildman–Crippen LogP) is 3.05. The van der Waals surface area contributed by atoms with Crippen molar-refractivity contribution in [2.75, 3.05) is 11.9 Å². The molecule has 2 aromatic heterocycles. The fourth-order valence-corrected chi connectivity index (χ4v) is 3.80. The van der Waals surface area contributed by atoms with Crippen molar-refractivity contribution < 1.29 is 4.79 Å². The number of carbonyl (C=O) groups is 1. The van der Waals surface area contributed by atoms with E-state index in [-0.39, 0.29) is 11.9 Å². The van der Waals surface area contributed by atoms with E-state index in [0.29, 0.717) is 13.0 Å². The van der Waals surface area contributed by atoms with Crippen LogP contribution in [0.1, 0.15) is 12.8 Å². The van der Waals surface area contributed by atoms with Crippen molar-refractivity contribution >= 4 is 33.3 Å². The summed E-state index contributed by atoms with van der Waals surface area (Å²) in [6.45, 7) is 0.689. The molecule has 0 saturated carbocycles. The van der Waals surface area contributed by atoms with E-state index >= 15 is 0 Å². The molecule has 2 N–H and O–H groups in total. The number of hydrogen-bond donors (Lipinski definition) is 2. The zero-order valence-corrected chi connectivity index (χ0v) is 13.3. The van der Waals surface area contributed by atoms with Crippen LogP contribution in [-0.4, -0.2) is 28.5 Å². The molecule has 1 saturated heterocycles. The van der Waals surface area contributed by atoms with Gasteiger partial charge in [0, 0.05) is 23.9 Å². The number of rotatable bonds is 4. The van der Waals surface area contributed by atoms with E-state index < -0.39 is 0 Å². The average molecular weight is 324 g/mol. The third-order valence-corrected chi connectivity index (χ3v) is 5.08. The van der Waals surface area contributed by atoms with Gasteiger partial charge in [0.25, 0.3) is 0 Å². The molecule has 23 heavy (non-hydrogen) atoms. The Morgan fingerprint density at radius 3 is 2.91 bits per heavy atom. The Balaban J connectivity index is 1.60. The van der Waals surface area contributed by atoms with Gasteiger partial charge in [0.15, 0.2) is 0 Å². The highest BCUT2D eigenvalue weighted by Crippen LogP contribution is 2.34. The third kappa shape index (κ3) is 2.90. The first-order chi connectivity index (χ1) is 11.3. The van der Waals surface area contributed by atoms with Gasteiger partial charge in [0.05, 0.1) is 5.39 Å². The molecule has 0 radical (unpaired) electrons. The number of hydrogen-bond acceptors (Lipinski definition) is 5. The van der Waals surface area contributed by atoms with Gasteiger partial charge in [-0.25, -0.2) is 9.97 Å². The largest absolute Gasteiger partial charge is 0.367 e. The van der Waals surface area contributed by atoms with Crippen LogP contribution in [0, 0.1) is 0 Å². The fraction of sp³-hybridized carbons (Fsp3) is 0.235. The van der Waals surface area contributed by atoms with Crippen molar-refractivity contribution in [1.82, 2.24) is 15.3 Å². The quantitative estimate of drug-likeness (QED) is 0.774. The van der Waals surface area contributed by atoms with Crippen LogP contribution >= 0.6 is 11.3 Å². The van der Waals surface area contributed by atoms with Crippen LogP contribution in [0.3, 0.4) is 0 Å². The summed E-state index contributed by atoms with van der Waals surface area (Å²) in [5, 5.41) is 7.35. The Bertz CT molecular complexity index is 846. The minimum atomic E-state index is 0.131. The normalized spacial score (nSPS) is 17.4. The highest BCUT2D eigenvalue weighted by Gasteiger charge is 2.20. The minimum absolute atomic E-state index is 0.131. The molecule has 1 amide bonds. The van der Waals surface area contributed by atoms with Crippen LogP contribution < -0.4 is 10.6 Å². The average Bonchev–Trinajstić information content (AvgIpc) is 3.20. The molecule has 0 aliphatic carbocycles. The molecule has 1 aliphatic rings. The second kappa shape index (κ2) is 5.96. The topological polar surface area (TPSA) is 66.9 Å². The van der Waals surface area contributed by atoms with Crippen molar-refractivity contribution in [1.29, 1.82) is 0 Å². The molecule has 3 heterocycles. The van der Waals surface area contributed by atoms with E-state index in [1.165, 1.54) is 10.4 Å². The lowest BCUT2D eigenvalue weighted by Gasteiger charge is -2.11. The molecule has 1 atom stereocenters. The summed E-state index contributed by atoms with van der Waals surface area (Å²) in [4.78, 5) is 22.2. The number of nitrogens with one attached hydrogen (secondary N) is 2. The van der Waals surface area contributed by atoms with Crippen molar-refractivity contribution in [3.8, 4) is 10.4 Å². The van der Waals surface area contributed by atoms with Gasteiger partial charge >= 0.3 is 0 Å². The Hall–Kier alpha value is -2.47. The van der Waals surface area contributed by atoms with Gasteiger partial charge in [0.2, 0.25) is 5.91 Å². The zero-order valence-electron chi connectivity index (χ0n) is 12.5. The highest BCUT2D eigenvalue weighted by molar-refractivity contribution is 7.21. The van der Waals surface area contributed by atoms with Crippen molar-refractivity contribution in [3.63, 3.8) is 0 Å². The minimum Gasteiger partial charge on any atom is -0.367 e. The standard InChI is InChI=1S/C17H16N4OS/c22-15-7-6-12(21-15)9-18-16-13-8-14(11-4-2-1-3-5-11)23-17(13)20-10-19-16/h1-5,8,10,12H,6-7,9H2,(H,21,22)(H,18,19,20). The smallest absolute Gasteiger partial charge is 0.220 e. The molecule has 1 fully saturated rings. The molecule has 6 heteroatoms. The number of aromatic nitrogens is 2. The Morgan fingerprint density at radius 1 is 1.26 bits per heavy atom. The van der Waals surface area contributed by atoms with Gasteiger partial charge in [-0.1, -0.05) is 30.3 Å². The van der Waals surface area contributed by atoms with E-state index in [9.17, 15) is 4.79 Å². The number of benzene rings is 1. The monoisotopic (exact) mass is 324 g/mol. The molecule has 5 nitrogen and oxygen atoms in total. The SMILES string of the molecule is O=C1CCC(CNc2ncnc3sc(-c4ccccc4)cc23)N1. The Morgan fingerprint density at radius 2 is 2.13 bits per heavy atom. The molecular weight excluding hydrogens is 308 g/mol. The molecule has 3 aromatic rings. The summed E-state index contributed by atoms with van der Waals surface area (Å²) < 4.78 is 0. The summed E-state index contributed by atoms with van der Waals surface area (Å²) in [6.07, 6.45) is 3.07. The van der Waals surface area contributed by atoms with E-state index in [2.05, 4.69) is 38.8 Å². The summed E-state index contributed by atoms with van der Waals surface area (Å²) in [7, 11) is 0. The number of carbonyl (C=O) groups excluding carboxylic acids is 1. The van der Waals surface area contributed by atoms with Gasteiger partial charge in [-0.05, 0) is 18.1 Å². The number of fused-ring (bicyclic) bond motifs is 1. The van der Waals surface area contributed by atoms with Gasteiger partial charge in [-0.3, -0.25) is 4.79 Å². The van der Waals surface area contributed by atoms with E-state index in [4.69, 9.17) is 0 Å². The second-order valence-electron chi connectivity index (χ2n) is 5.60. The van der Waals surface area contributed by atoms with Gasteiger partial charge < -0.3 is 10.6 Å². The van der Waals surface area contributed by atoms with E-state index in [0.717, 1.165) is 22.5 Å². The van der Waals surface area contributed by atoms with Crippen molar-refractivity contribution in [3.05, 3.63) is 42.7 Å². The molecule has 0 spiro atoms. The van der Waals surface area contributed by atoms with Gasteiger partial charge in [0.1, 0.15) is 17.0 Å². The number of nitrogens with zero attached hydrogens (tertiary/aromatic N) is 2. The maximum absolute atomic E-state index is 11.3. The number of amides is 1. The van der Waals surface area contributed by atoms with Gasteiger partial charge in [-0.2, -0.15) is 0 Å². The van der Waals surface area contributed by atoms with E-state index in [1.807, 2.05) is 18.2 Å². The lowest BCUT2D eigenvalue weighted by molar-refractivity contribution is -0.119. The molecule has 4 rings (SSSR count). The van der Waals surface area contributed by atoms with Crippen molar-refractivity contribution in [2.45, 2.75) is 18.9 Å². The van der Waals surface area contributed by atoms with Crippen LogP contribution in [0.15, 0.2) is 42.7 Å². The highest BCUT2D eigenvalue weighted by atomic mass is 32.1. The van der Waals surface area contributed by atoms with Crippen molar-refractivity contribution in [2.24, 2.45) is 0 Å². The summed E-state index contributed by atoms with van der Waals surface area (Å²) >= 11 is 1.66. The second-order valence-corrected chi connectivity index (χ2v) is 6.63. The maximum atomic E-state index is 11.3. The zero-order chi connectivity index (χ0) is 15.6. The summed E-state index contributed by atoms with van der Waals surface area (Å²) in [5.74, 6) is 0.959. The first kappa shape index (κ1) is 14.1. The van der Waals surface area contributed by atoms with Crippen LogP contribution in [0.4, 0.5) is 5.82 Å². The van der Waals surface area contributed by atoms with Crippen LogP contribution in [0.25, 0.3) is 20.7 Å². The third-order valence-electron chi connectivity index (χ3n) is 3.99. The molecule has 116 valence electrons. The van der Waals surface area contributed by atoms with Crippen LogP contribution in [0.5, 0.6) is 0 Å². The molecule has 1 aliphatic heterocycles. The number of anilines is 1. The molecule has 0 bridgehead atoms. The fourth-order valence-electron chi connectivity index (χ4n) is 2.79. The maximum Gasteiger partial charge on any atom is 0.220 e. The number of thiophene rings is 1. The predicted molar refractivity (Wildman–Crippen MR) is 92.5 cm³/mol. The van der Waals surface area contributed by atoms with E-state index in [1.54, 1.807) is 17.7 Å². The summed E-state index contributed by atoms with van der Waals surface area (Å²) in [6, 6.07) is 12.6. The van der Waals surface area contributed by atoms with Gasteiger partial charge in [-0.15, -0.1) is 11.3 Å². The lowest BCUT2D eigenvalue weighted by atomic mass is 10.2. The first-order valence-corrected chi connectivity index (χ1v) is 8.44. The first-order valence-electron chi connectivity index (χ1n) is 7.63. The summed E-state index contributed by atoms with van der Waals surface area (Å²) in [5.41, 5.74) is 1.18. The lowest BCUT2D eigenvalue weighted by Crippen LogP contribution is -2.32. The molecular formula is C17H16N4OS. The van der Waals surface area contributed by atoms with Crippen LogP contribution in [0.2, 0.25) is 0 Å². The Labute approximate surface area is 137 Å². The Kier molecular flexibility index (Phi) is 3.67.